The predicted molar refractivity (Wildman–Crippen MR) is 143 cm³/mol. The Morgan fingerprint density at radius 3 is 2.22 bits per heavy atom. The number of nitrogens with zero attached hydrogens (tertiary/aromatic N) is 1. The molecule has 8 heteroatoms. The number of ether oxygens (including phenoxy) is 2. The van der Waals surface area contributed by atoms with Gasteiger partial charge in [0.05, 0.1) is 14.2 Å². The van der Waals surface area contributed by atoms with Gasteiger partial charge in [-0.3, -0.25) is 19.4 Å². The van der Waals surface area contributed by atoms with Crippen molar-refractivity contribution in [2.75, 3.05) is 33.9 Å². The van der Waals surface area contributed by atoms with Crippen molar-refractivity contribution in [1.82, 2.24) is 10.6 Å². The summed E-state index contributed by atoms with van der Waals surface area (Å²) in [5, 5.41) is 5.58. The van der Waals surface area contributed by atoms with Gasteiger partial charge in [-0.05, 0) is 53.9 Å². The number of hydrogen-bond acceptors (Lipinski definition) is 6. The van der Waals surface area contributed by atoms with E-state index >= 15 is 0 Å². The molecule has 37 heavy (non-hydrogen) atoms. The molecule has 0 radical (unpaired) electrons. The van der Waals surface area contributed by atoms with E-state index < -0.39 is 0 Å². The van der Waals surface area contributed by atoms with Crippen LogP contribution in [0.1, 0.15) is 38.3 Å². The summed E-state index contributed by atoms with van der Waals surface area (Å²) < 4.78 is 10.4. The van der Waals surface area contributed by atoms with Crippen molar-refractivity contribution < 1.29 is 23.9 Å². The molecule has 0 atom stereocenters. The topological polar surface area (TPSA) is 106 Å². The Bertz CT molecular complexity index is 1240. The predicted octanol–water partition coefficient (Wildman–Crippen LogP) is 3.48. The number of amides is 2. The number of methoxy groups -OCH3 is 2. The number of aliphatic imine (C=N–C) groups is 1. The molecule has 0 aliphatic carbocycles. The maximum Gasteiger partial charge on any atom is 0.251 e. The lowest BCUT2D eigenvalue weighted by Gasteiger charge is -2.08. The normalized spacial score (nSPS) is 10.6. The van der Waals surface area contributed by atoms with Crippen molar-refractivity contribution in [3.63, 3.8) is 0 Å². The second-order valence-corrected chi connectivity index (χ2v) is 8.20. The standard InChI is InChI=1S/C29H31N3O5/c1-36-25-7-3-5-21(17-25)13-15-31-28(34)14-16-32-29(35)24-11-9-23(10-12-24)27(33)20-30-19-22-6-4-8-26(18-22)37-2/h3-12,17-19H,13-16,20H2,1-2H3,(H,31,34)(H,32,35). The molecule has 2 N–H and O–H groups in total. The Balaban J connectivity index is 1.37. The molecule has 8 nitrogen and oxygen atoms in total. The minimum atomic E-state index is -0.306. The molecule has 3 rings (SSSR count). The number of carbonyl (C=O) groups excluding carboxylic acids is 3. The number of benzene rings is 3. The number of rotatable bonds is 13. The first-order valence-corrected chi connectivity index (χ1v) is 11.9. The monoisotopic (exact) mass is 501 g/mol. The Morgan fingerprint density at radius 2 is 1.49 bits per heavy atom. The van der Waals surface area contributed by atoms with E-state index in [4.69, 9.17) is 9.47 Å². The fourth-order valence-corrected chi connectivity index (χ4v) is 3.51. The summed E-state index contributed by atoms with van der Waals surface area (Å²) in [6, 6.07) is 21.4. The highest BCUT2D eigenvalue weighted by molar-refractivity contribution is 6.00. The van der Waals surface area contributed by atoms with Crippen LogP contribution < -0.4 is 20.1 Å². The molecule has 0 spiro atoms. The smallest absolute Gasteiger partial charge is 0.251 e. The number of nitrogens with one attached hydrogen (secondary N) is 2. The van der Waals surface area contributed by atoms with Crippen LogP contribution in [0.3, 0.4) is 0 Å². The molecule has 0 saturated heterocycles. The van der Waals surface area contributed by atoms with Crippen LogP contribution in [0.4, 0.5) is 0 Å². The molecule has 0 unspecified atom stereocenters. The van der Waals surface area contributed by atoms with E-state index in [1.54, 1.807) is 44.7 Å². The molecular formula is C29H31N3O5. The minimum Gasteiger partial charge on any atom is -0.497 e. The van der Waals surface area contributed by atoms with Gasteiger partial charge in [0.25, 0.3) is 5.91 Å². The molecule has 0 bridgehead atoms. The van der Waals surface area contributed by atoms with Gasteiger partial charge in [-0.2, -0.15) is 0 Å². The lowest BCUT2D eigenvalue weighted by molar-refractivity contribution is -0.120. The van der Waals surface area contributed by atoms with Gasteiger partial charge < -0.3 is 20.1 Å². The Hall–Kier alpha value is -4.46. The molecule has 0 saturated carbocycles. The molecule has 3 aromatic rings. The third-order valence-corrected chi connectivity index (χ3v) is 5.55. The number of Topliss-reactive ketones (excluding diaryl/α,β-unsaturated/α-hetero) is 1. The van der Waals surface area contributed by atoms with Gasteiger partial charge in [0.15, 0.2) is 5.78 Å². The zero-order valence-electron chi connectivity index (χ0n) is 21.0. The third-order valence-electron chi connectivity index (χ3n) is 5.55. The summed E-state index contributed by atoms with van der Waals surface area (Å²) in [4.78, 5) is 41.0. The summed E-state index contributed by atoms with van der Waals surface area (Å²) in [5.74, 6) is 0.894. The molecule has 0 fully saturated rings. The highest BCUT2D eigenvalue weighted by Crippen LogP contribution is 2.13. The van der Waals surface area contributed by atoms with Gasteiger partial charge in [-0.1, -0.05) is 36.4 Å². The molecule has 0 heterocycles. The van der Waals surface area contributed by atoms with Crippen molar-refractivity contribution in [1.29, 1.82) is 0 Å². The van der Waals surface area contributed by atoms with E-state index in [0.717, 1.165) is 16.9 Å². The molecule has 3 aromatic carbocycles. The fourth-order valence-electron chi connectivity index (χ4n) is 3.51. The number of carbonyl (C=O) groups is 3. The van der Waals surface area contributed by atoms with Crippen LogP contribution in [0.15, 0.2) is 77.8 Å². The second-order valence-electron chi connectivity index (χ2n) is 8.20. The summed E-state index contributed by atoms with van der Waals surface area (Å²) in [6.45, 7) is 0.707. The summed E-state index contributed by atoms with van der Waals surface area (Å²) in [6.07, 6.45) is 2.48. The molecule has 0 aliphatic heterocycles. The van der Waals surface area contributed by atoms with Crippen molar-refractivity contribution in [2.24, 2.45) is 4.99 Å². The van der Waals surface area contributed by atoms with Gasteiger partial charge in [0.2, 0.25) is 5.91 Å². The van der Waals surface area contributed by atoms with E-state index in [1.165, 1.54) is 0 Å². The highest BCUT2D eigenvalue weighted by atomic mass is 16.5. The average Bonchev–Trinajstić information content (AvgIpc) is 2.93. The Morgan fingerprint density at radius 1 is 0.811 bits per heavy atom. The second kappa shape index (κ2) is 14.2. The summed E-state index contributed by atoms with van der Waals surface area (Å²) in [7, 11) is 3.21. The SMILES string of the molecule is COc1cccc(C=NCC(=O)c2ccc(C(=O)NCCC(=O)NCCc3cccc(OC)c3)cc2)c1. The first kappa shape index (κ1) is 27.1. The van der Waals surface area contributed by atoms with Crippen molar-refractivity contribution in [2.45, 2.75) is 12.8 Å². The zero-order chi connectivity index (χ0) is 26.5. The van der Waals surface area contributed by atoms with Gasteiger partial charge in [-0.25, -0.2) is 0 Å². The van der Waals surface area contributed by atoms with E-state index in [0.29, 0.717) is 29.8 Å². The van der Waals surface area contributed by atoms with Gasteiger partial charge in [0.1, 0.15) is 18.0 Å². The quantitative estimate of drug-likeness (QED) is 0.276. The van der Waals surface area contributed by atoms with Gasteiger partial charge >= 0.3 is 0 Å². The van der Waals surface area contributed by atoms with E-state index in [2.05, 4.69) is 15.6 Å². The van der Waals surface area contributed by atoms with Crippen LogP contribution in [-0.2, 0) is 11.2 Å². The van der Waals surface area contributed by atoms with Gasteiger partial charge in [0, 0.05) is 36.9 Å². The van der Waals surface area contributed by atoms with Crippen molar-refractivity contribution in [3.05, 3.63) is 95.1 Å². The lowest BCUT2D eigenvalue weighted by Crippen LogP contribution is -2.31. The number of hydrogen-bond donors (Lipinski definition) is 2. The Labute approximate surface area is 216 Å². The molecule has 0 aromatic heterocycles. The van der Waals surface area contributed by atoms with Gasteiger partial charge in [-0.15, -0.1) is 0 Å². The van der Waals surface area contributed by atoms with Crippen LogP contribution in [-0.4, -0.2) is 57.7 Å². The third kappa shape index (κ3) is 8.92. The molecule has 192 valence electrons. The maximum atomic E-state index is 12.4. The first-order valence-electron chi connectivity index (χ1n) is 11.9. The summed E-state index contributed by atoms with van der Waals surface area (Å²) >= 11 is 0. The minimum absolute atomic E-state index is 0.00428. The van der Waals surface area contributed by atoms with Crippen LogP contribution in [0, 0.1) is 0 Å². The average molecular weight is 502 g/mol. The van der Waals surface area contributed by atoms with Crippen LogP contribution >= 0.6 is 0 Å². The maximum absolute atomic E-state index is 12.4. The highest BCUT2D eigenvalue weighted by Gasteiger charge is 2.09. The summed E-state index contributed by atoms with van der Waals surface area (Å²) in [5.41, 5.74) is 2.79. The molecular weight excluding hydrogens is 470 g/mol. The van der Waals surface area contributed by atoms with E-state index in [9.17, 15) is 14.4 Å². The fraction of sp³-hybridized carbons (Fsp3) is 0.241. The van der Waals surface area contributed by atoms with E-state index in [-0.39, 0.29) is 37.1 Å². The Kier molecular flexibility index (Phi) is 10.4. The zero-order valence-corrected chi connectivity index (χ0v) is 21.0. The van der Waals surface area contributed by atoms with Crippen LogP contribution in [0.25, 0.3) is 0 Å². The van der Waals surface area contributed by atoms with Crippen LogP contribution in [0.2, 0.25) is 0 Å². The largest absolute Gasteiger partial charge is 0.497 e. The lowest BCUT2D eigenvalue weighted by atomic mass is 10.1. The number of ketones is 1. The molecule has 0 aliphatic rings. The van der Waals surface area contributed by atoms with Crippen LogP contribution in [0.5, 0.6) is 11.5 Å². The molecule has 2 amide bonds. The van der Waals surface area contributed by atoms with Crippen molar-refractivity contribution in [3.8, 4) is 11.5 Å². The van der Waals surface area contributed by atoms with E-state index in [1.807, 2.05) is 48.5 Å². The van der Waals surface area contributed by atoms with Crippen molar-refractivity contribution >= 4 is 23.8 Å². The first-order chi connectivity index (χ1) is 18.0.